The topological polar surface area (TPSA) is 148 Å². The average molecular weight is 545 g/mol. The Labute approximate surface area is 230 Å². The van der Waals surface area contributed by atoms with Crippen LogP contribution < -0.4 is 0 Å². The minimum atomic E-state index is -1.02. The van der Waals surface area contributed by atoms with Crippen molar-refractivity contribution >= 4 is 5.97 Å². The average Bonchev–Trinajstić information content (AvgIpc) is 2.83. The Morgan fingerprint density at radius 1 is 0.658 bits per heavy atom. The molecule has 38 heavy (non-hydrogen) atoms. The first-order valence-electron chi connectivity index (χ1n) is 15.2. The maximum atomic E-state index is 11.3. The molecule has 1 heterocycles. The lowest BCUT2D eigenvalue weighted by Gasteiger charge is -2.27. The van der Waals surface area contributed by atoms with Gasteiger partial charge in [-0.05, 0) is 38.2 Å². The predicted octanol–water partition coefficient (Wildman–Crippen LogP) is 4.07. The summed E-state index contributed by atoms with van der Waals surface area (Å²) in [4.78, 5) is 11.3. The van der Waals surface area contributed by atoms with Crippen LogP contribution >= 0.6 is 0 Å². The summed E-state index contributed by atoms with van der Waals surface area (Å²) in [6.07, 6.45) is 13.3. The van der Waals surface area contributed by atoms with Gasteiger partial charge in [-0.25, -0.2) is 4.79 Å². The van der Waals surface area contributed by atoms with Crippen LogP contribution in [0.1, 0.15) is 129 Å². The van der Waals surface area contributed by atoms with Gasteiger partial charge in [0.2, 0.25) is 0 Å². The number of cyclic esters (lactones) is 1. The first kappa shape index (κ1) is 35.0. The molecule has 0 aliphatic carbocycles. The van der Waals surface area contributed by atoms with Crippen LogP contribution in [0.2, 0.25) is 0 Å². The Morgan fingerprint density at radius 3 is 1.58 bits per heavy atom. The molecule has 0 saturated carbocycles. The first-order chi connectivity index (χ1) is 18.2. The highest BCUT2D eigenvalue weighted by Gasteiger charge is 2.28. The van der Waals surface area contributed by atoms with Crippen molar-refractivity contribution in [3.8, 4) is 0 Å². The Kier molecular flexibility index (Phi) is 20.0. The fourth-order valence-electron chi connectivity index (χ4n) is 5.17. The summed E-state index contributed by atoms with van der Waals surface area (Å²) >= 11 is 0. The summed E-state index contributed by atoms with van der Waals surface area (Å²) in [5, 5.41) is 60.8. The van der Waals surface area contributed by atoms with Crippen molar-refractivity contribution in [3.63, 3.8) is 0 Å². The highest BCUT2D eigenvalue weighted by Crippen LogP contribution is 2.20. The van der Waals surface area contributed by atoms with Gasteiger partial charge in [-0.2, -0.15) is 0 Å². The minimum absolute atomic E-state index is 0.0294. The molecule has 0 aromatic heterocycles. The molecule has 0 fully saturated rings. The zero-order chi connectivity index (χ0) is 28.2. The van der Waals surface area contributed by atoms with Crippen LogP contribution in [0.25, 0.3) is 0 Å². The number of hydrogen-bond acceptors (Lipinski definition) is 8. The van der Waals surface area contributed by atoms with Crippen molar-refractivity contribution in [1.82, 2.24) is 0 Å². The third kappa shape index (κ3) is 18.3. The van der Waals surface area contributed by atoms with Gasteiger partial charge in [-0.3, -0.25) is 0 Å². The van der Waals surface area contributed by atoms with E-state index in [1.54, 1.807) is 0 Å². The molecule has 1 aliphatic rings. The van der Waals surface area contributed by atoms with Gasteiger partial charge < -0.3 is 35.4 Å². The lowest BCUT2D eigenvalue weighted by molar-refractivity contribution is -0.151. The number of ether oxygens (including phenoxy) is 1. The Balaban J connectivity index is 2.03. The van der Waals surface area contributed by atoms with E-state index < -0.39 is 48.7 Å². The van der Waals surface area contributed by atoms with Gasteiger partial charge in [-0.15, -0.1) is 0 Å². The Morgan fingerprint density at radius 2 is 1.08 bits per heavy atom. The summed E-state index contributed by atoms with van der Waals surface area (Å²) in [5.41, 5.74) is 0. The number of rotatable bonds is 24. The van der Waals surface area contributed by atoms with Crippen LogP contribution in [-0.4, -0.2) is 79.3 Å². The molecule has 8 heteroatoms. The molecule has 0 bridgehead atoms. The van der Waals surface area contributed by atoms with Crippen molar-refractivity contribution in [2.24, 2.45) is 0 Å². The number of esters is 1. The summed E-state index contributed by atoms with van der Waals surface area (Å²) in [7, 11) is 0. The van der Waals surface area contributed by atoms with Gasteiger partial charge in [0.25, 0.3) is 0 Å². The Bertz CT molecular complexity index is 613. The summed E-state index contributed by atoms with van der Waals surface area (Å²) in [5.74, 6) is -0.589. The second-order valence-electron chi connectivity index (χ2n) is 11.3. The molecule has 7 atom stereocenters. The molecular weight excluding hydrogens is 488 g/mol. The van der Waals surface area contributed by atoms with Crippen LogP contribution in [0.15, 0.2) is 12.2 Å². The lowest BCUT2D eigenvalue weighted by Crippen LogP contribution is -2.37. The largest absolute Gasteiger partial charge is 0.456 e. The molecule has 0 spiro atoms. The fourth-order valence-corrected chi connectivity index (χ4v) is 5.17. The van der Waals surface area contributed by atoms with E-state index in [4.69, 9.17) is 4.74 Å². The normalized spacial score (nSPS) is 21.6. The van der Waals surface area contributed by atoms with Crippen molar-refractivity contribution < 1.29 is 40.2 Å². The molecule has 6 N–H and O–H groups in total. The number of unbranched alkanes of at least 4 members (excludes halogenated alkanes) is 12. The number of carbonyl (C=O) groups is 1. The number of aliphatic hydroxyl groups excluding tert-OH is 6. The molecule has 0 radical (unpaired) electrons. The summed E-state index contributed by atoms with van der Waals surface area (Å²) in [6.45, 7) is 2.25. The summed E-state index contributed by atoms with van der Waals surface area (Å²) in [6, 6.07) is 0. The van der Waals surface area contributed by atoms with Gasteiger partial charge in [0, 0.05) is 12.5 Å². The highest BCUT2D eigenvalue weighted by atomic mass is 16.6. The van der Waals surface area contributed by atoms with Crippen LogP contribution in [0.5, 0.6) is 0 Å². The van der Waals surface area contributed by atoms with Crippen LogP contribution in [0.4, 0.5) is 0 Å². The number of aliphatic hydroxyl groups is 6. The minimum Gasteiger partial charge on any atom is -0.456 e. The molecule has 0 amide bonds. The van der Waals surface area contributed by atoms with E-state index in [-0.39, 0.29) is 32.1 Å². The van der Waals surface area contributed by atoms with E-state index in [1.807, 2.05) is 0 Å². The summed E-state index contributed by atoms with van der Waals surface area (Å²) < 4.78 is 4.98. The Hall–Kier alpha value is -1.03. The van der Waals surface area contributed by atoms with E-state index in [9.17, 15) is 35.4 Å². The first-order valence-corrected chi connectivity index (χ1v) is 15.2. The molecule has 0 unspecified atom stereocenters. The second-order valence-corrected chi connectivity index (χ2v) is 11.3. The monoisotopic (exact) mass is 544 g/mol. The van der Waals surface area contributed by atoms with Crippen LogP contribution in [0.3, 0.4) is 0 Å². The third-order valence-electron chi connectivity index (χ3n) is 7.40. The van der Waals surface area contributed by atoms with E-state index in [0.29, 0.717) is 6.42 Å². The lowest BCUT2D eigenvalue weighted by atomic mass is 9.95. The molecule has 224 valence electrons. The van der Waals surface area contributed by atoms with Gasteiger partial charge in [-0.1, -0.05) is 90.4 Å². The van der Waals surface area contributed by atoms with Crippen molar-refractivity contribution in [3.05, 3.63) is 12.2 Å². The predicted molar refractivity (Wildman–Crippen MR) is 148 cm³/mol. The molecule has 1 aliphatic heterocycles. The van der Waals surface area contributed by atoms with Crippen LogP contribution in [-0.2, 0) is 9.53 Å². The quantitative estimate of drug-likeness (QED) is 0.0787. The standard InChI is InChI=1S/C30H56O8/c1-2-3-4-5-6-7-8-9-10-11-12-13-14-15-23(31)18-24(32)19-25(33)20-26(34)21-27(35)22-29-28(36)16-17-30(37)38-29/h16-17,23-29,31-36H,2-15,18-22H2,1H3/t23-,24+,25+,26+,27+,28+,29+/m1/s1. The van der Waals surface area contributed by atoms with Crippen molar-refractivity contribution in [2.75, 3.05) is 0 Å². The van der Waals surface area contributed by atoms with E-state index in [1.165, 1.54) is 76.7 Å². The second kappa shape index (κ2) is 21.8. The maximum Gasteiger partial charge on any atom is 0.330 e. The van der Waals surface area contributed by atoms with Crippen molar-refractivity contribution in [2.45, 2.75) is 172 Å². The zero-order valence-corrected chi connectivity index (χ0v) is 23.6. The third-order valence-corrected chi connectivity index (χ3v) is 7.40. The number of carbonyl (C=O) groups excluding carboxylic acids is 1. The highest BCUT2D eigenvalue weighted by molar-refractivity contribution is 5.83. The van der Waals surface area contributed by atoms with Gasteiger partial charge in [0.05, 0.1) is 30.5 Å². The van der Waals surface area contributed by atoms with Gasteiger partial charge >= 0.3 is 5.97 Å². The van der Waals surface area contributed by atoms with Gasteiger partial charge in [0.15, 0.2) is 0 Å². The molecule has 1 rings (SSSR count). The van der Waals surface area contributed by atoms with Crippen molar-refractivity contribution in [1.29, 1.82) is 0 Å². The molecule has 0 aromatic rings. The van der Waals surface area contributed by atoms with E-state index in [2.05, 4.69) is 6.92 Å². The zero-order valence-electron chi connectivity index (χ0n) is 23.6. The SMILES string of the molecule is CCCCCCCCCCCCCCC[C@@H](O)C[C@H](O)C[C@H](O)C[C@H](O)C[C@H](O)C[C@@H]1OC(=O)C=C[C@@H]1O. The molecule has 0 aromatic carbocycles. The van der Waals surface area contributed by atoms with E-state index >= 15 is 0 Å². The molecular formula is C30H56O8. The smallest absolute Gasteiger partial charge is 0.330 e. The molecule has 8 nitrogen and oxygen atoms in total. The number of hydrogen-bond donors (Lipinski definition) is 6. The maximum absolute atomic E-state index is 11.3. The van der Waals surface area contributed by atoms with E-state index in [0.717, 1.165) is 18.9 Å². The van der Waals surface area contributed by atoms with Crippen LogP contribution in [0, 0.1) is 0 Å². The molecule has 0 saturated heterocycles. The fraction of sp³-hybridized carbons (Fsp3) is 0.900. The van der Waals surface area contributed by atoms with Gasteiger partial charge in [0.1, 0.15) is 12.2 Å².